The van der Waals surface area contributed by atoms with Crippen LogP contribution in [0.5, 0.6) is 0 Å². The highest BCUT2D eigenvalue weighted by Crippen LogP contribution is 2.08. The fraction of sp³-hybridized carbons (Fsp3) is 0.778. The van der Waals surface area contributed by atoms with Gasteiger partial charge in [0.2, 0.25) is 5.91 Å². The molecule has 0 fully saturated rings. The number of likely N-dealkylation sites (N-methyl/N-ethyl adjacent to an activating group) is 1. The molecule has 0 aromatic rings. The van der Waals surface area contributed by atoms with Crippen molar-refractivity contribution in [1.82, 2.24) is 4.90 Å². The van der Waals surface area contributed by atoms with Crippen LogP contribution in [-0.4, -0.2) is 47.2 Å². The zero-order chi connectivity index (χ0) is 11.1. The number of carboxylic acid groups (broad SMARTS) is 1. The molecule has 2 N–H and O–H groups in total. The number of hydrogen-bond acceptors (Lipinski definition) is 3. The first-order valence-electron chi connectivity index (χ1n) is 4.54. The number of amides is 1. The maximum atomic E-state index is 11.3. The predicted octanol–water partition coefficient (Wildman–Crippen LogP) is -0.0620. The van der Waals surface area contributed by atoms with Crippen LogP contribution in [0.15, 0.2) is 0 Å². The average Bonchev–Trinajstić information content (AvgIpc) is 2.02. The molecule has 0 aliphatic carbocycles. The van der Waals surface area contributed by atoms with Crippen LogP contribution < -0.4 is 0 Å². The minimum Gasteiger partial charge on any atom is -0.481 e. The summed E-state index contributed by atoms with van der Waals surface area (Å²) in [4.78, 5) is 23.1. The highest BCUT2D eigenvalue weighted by atomic mass is 16.4. The molecule has 1 amide bonds. The lowest BCUT2D eigenvalue weighted by Crippen LogP contribution is -2.30. The summed E-state index contributed by atoms with van der Waals surface area (Å²) in [5.41, 5.74) is 0. The number of rotatable bonds is 6. The molecule has 1 atom stereocenters. The standard InChI is InChI=1S/C9H17NO4/c1-7(6-9(13)14)5-8(12)10(2)3-4-11/h7,11H,3-6H2,1-2H3,(H,13,14). The second kappa shape index (κ2) is 6.37. The van der Waals surface area contributed by atoms with Crippen LogP contribution in [0.4, 0.5) is 0 Å². The van der Waals surface area contributed by atoms with Crippen LogP contribution in [0.25, 0.3) is 0 Å². The van der Waals surface area contributed by atoms with E-state index in [0.717, 1.165) is 0 Å². The Labute approximate surface area is 83.3 Å². The third-order valence-electron chi connectivity index (χ3n) is 1.91. The number of carbonyl (C=O) groups excluding carboxylic acids is 1. The molecule has 14 heavy (non-hydrogen) atoms. The molecular formula is C9H17NO4. The Morgan fingerprint density at radius 2 is 1.93 bits per heavy atom. The van der Waals surface area contributed by atoms with E-state index in [0.29, 0.717) is 6.54 Å². The van der Waals surface area contributed by atoms with Gasteiger partial charge in [-0.3, -0.25) is 9.59 Å². The molecule has 0 bridgehead atoms. The normalized spacial score (nSPS) is 12.2. The number of hydrogen-bond donors (Lipinski definition) is 2. The lowest BCUT2D eigenvalue weighted by Gasteiger charge is -2.17. The lowest BCUT2D eigenvalue weighted by molar-refractivity contribution is -0.138. The third kappa shape index (κ3) is 5.53. The topological polar surface area (TPSA) is 77.8 Å². The molecule has 0 aliphatic rings. The van der Waals surface area contributed by atoms with Gasteiger partial charge >= 0.3 is 5.97 Å². The highest BCUT2D eigenvalue weighted by molar-refractivity contribution is 5.77. The minimum atomic E-state index is -0.893. The van der Waals surface area contributed by atoms with Gasteiger partial charge < -0.3 is 15.1 Å². The monoisotopic (exact) mass is 203 g/mol. The van der Waals surface area contributed by atoms with E-state index in [1.165, 1.54) is 4.90 Å². The SMILES string of the molecule is CC(CC(=O)O)CC(=O)N(C)CCO. The molecule has 0 saturated carbocycles. The summed E-state index contributed by atoms with van der Waals surface area (Å²) < 4.78 is 0. The second-order valence-corrected chi connectivity index (χ2v) is 3.45. The van der Waals surface area contributed by atoms with Gasteiger partial charge in [-0.25, -0.2) is 0 Å². The number of carboxylic acids is 1. The maximum Gasteiger partial charge on any atom is 0.303 e. The van der Waals surface area contributed by atoms with Crippen LogP contribution >= 0.6 is 0 Å². The van der Waals surface area contributed by atoms with E-state index in [9.17, 15) is 9.59 Å². The van der Waals surface area contributed by atoms with E-state index in [1.807, 2.05) is 0 Å². The van der Waals surface area contributed by atoms with E-state index in [-0.39, 0.29) is 31.3 Å². The largest absolute Gasteiger partial charge is 0.481 e. The summed E-state index contributed by atoms with van der Waals surface area (Å²) in [5.74, 6) is -1.19. The van der Waals surface area contributed by atoms with Crippen molar-refractivity contribution in [3.05, 3.63) is 0 Å². The summed E-state index contributed by atoms with van der Waals surface area (Å²) in [7, 11) is 1.59. The molecule has 0 aromatic heterocycles. The van der Waals surface area contributed by atoms with Crippen LogP contribution in [-0.2, 0) is 9.59 Å². The van der Waals surface area contributed by atoms with Crippen molar-refractivity contribution in [2.75, 3.05) is 20.2 Å². The molecule has 5 nitrogen and oxygen atoms in total. The number of aliphatic hydroxyl groups excluding tert-OH is 1. The van der Waals surface area contributed by atoms with Gasteiger partial charge in [0.25, 0.3) is 0 Å². The zero-order valence-electron chi connectivity index (χ0n) is 8.56. The van der Waals surface area contributed by atoms with E-state index in [2.05, 4.69) is 0 Å². The molecule has 0 saturated heterocycles. The van der Waals surface area contributed by atoms with Crippen LogP contribution in [0.2, 0.25) is 0 Å². The molecule has 0 aliphatic heterocycles. The molecule has 5 heteroatoms. The van der Waals surface area contributed by atoms with Gasteiger partial charge in [-0.05, 0) is 5.92 Å². The van der Waals surface area contributed by atoms with Gasteiger partial charge in [0.1, 0.15) is 0 Å². The van der Waals surface area contributed by atoms with Crippen molar-refractivity contribution in [2.45, 2.75) is 19.8 Å². The van der Waals surface area contributed by atoms with Gasteiger partial charge in [-0.15, -0.1) is 0 Å². The van der Waals surface area contributed by atoms with E-state index >= 15 is 0 Å². The summed E-state index contributed by atoms with van der Waals surface area (Å²) in [6.07, 6.45) is 0.210. The number of aliphatic carboxylic acids is 1. The van der Waals surface area contributed by atoms with E-state index in [1.54, 1.807) is 14.0 Å². The van der Waals surface area contributed by atoms with Crippen molar-refractivity contribution in [1.29, 1.82) is 0 Å². The molecule has 0 aromatic carbocycles. The van der Waals surface area contributed by atoms with Crippen LogP contribution in [0.1, 0.15) is 19.8 Å². The Morgan fingerprint density at radius 1 is 1.36 bits per heavy atom. The van der Waals surface area contributed by atoms with Crippen molar-refractivity contribution in [3.63, 3.8) is 0 Å². The predicted molar refractivity (Wildman–Crippen MR) is 50.8 cm³/mol. The van der Waals surface area contributed by atoms with Gasteiger partial charge in [0.15, 0.2) is 0 Å². The fourth-order valence-electron chi connectivity index (χ4n) is 1.10. The molecule has 82 valence electrons. The van der Waals surface area contributed by atoms with Crippen LogP contribution in [0.3, 0.4) is 0 Å². The van der Waals surface area contributed by atoms with Gasteiger partial charge in [0, 0.05) is 26.4 Å². The highest BCUT2D eigenvalue weighted by Gasteiger charge is 2.15. The molecule has 0 rings (SSSR count). The van der Waals surface area contributed by atoms with Gasteiger partial charge in [-0.1, -0.05) is 6.92 Å². The van der Waals surface area contributed by atoms with Gasteiger partial charge in [0.05, 0.1) is 6.61 Å². The number of carbonyl (C=O) groups is 2. The van der Waals surface area contributed by atoms with Crippen LogP contribution in [0, 0.1) is 5.92 Å². The molecule has 0 spiro atoms. The smallest absolute Gasteiger partial charge is 0.303 e. The molecule has 1 unspecified atom stereocenters. The first-order valence-corrected chi connectivity index (χ1v) is 4.54. The van der Waals surface area contributed by atoms with Gasteiger partial charge in [-0.2, -0.15) is 0 Å². The van der Waals surface area contributed by atoms with Crippen molar-refractivity contribution in [2.24, 2.45) is 5.92 Å². The second-order valence-electron chi connectivity index (χ2n) is 3.45. The summed E-state index contributed by atoms with van der Waals surface area (Å²) in [6, 6.07) is 0. The zero-order valence-corrected chi connectivity index (χ0v) is 8.56. The lowest BCUT2D eigenvalue weighted by atomic mass is 10.0. The van der Waals surface area contributed by atoms with Crippen molar-refractivity contribution in [3.8, 4) is 0 Å². The molecular weight excluding hydrogens is 186 g/mol. The summed E-state index contributed by atoms with van der Waals surface area (Å²) >= 11 is 0. The Bertz CT molecular complexity index is 205. The first kappa shape index (κ1) is 12.9. The Kier molecular flexibility index (Phi) is 5.87. The number of nitrogens with zero attached hydrogens (tertiary/aromatic N) is 1. The summed E-state index contributed by atoms with van der Waals surface area (Å²) in [6.45, 7) is 1.94. The Morgan fingerprint density at radius 3 is 2.36 bits per heavy atom. The summed E-state index contributed by atoms with van der Waals surface area (Å²) in [5, 5.41) is 17.1. The Balaban J connectivity index is 3.86. The quantitative estimate of drug-likeness (QED) is 0.634. The van der Waals surface area contributed by atoms with Crippen molar-refractivity contribution < 1.29 is 19.8 Å². The van der Waals surface area contributed by atoms with E-state index in [4.69, 9.17) is 10.2 Å². The Hall–Kier alpha value is -1.10. The molecule has 0 radical (unpaired) electrons. The fourth-order valence-corrected chi connectivity index (χ4v) is 1.10. The molecule has 0 heterocycles. The third-order valence-corrected chi connectivity index (χ3v) is 1.91. The van der Waals surface area contributed by atoms with E-state index < -0.39 is 5.97 Å². The number of aliphatic hydroxyl groups is 1. The average molecular weight is 203 g/mol. The maximum absolute atomic E-state index is 11.3. The minimum absolute atomic E-state index is 0.00128. The first-order chi connectivity index (χ1) is 6.47. The van der Waals surface area contributed by atoms with Crippen molar-refractivity contribution >= 4 is 11.9 Å².